The molecule has 9 nitrogen and oxygen atoms in total. The van der Waals surface area contributed by atoms with Crippen molar-refractivity contribution in [1.29, 1.82) is 0 Å². The Bertz CT molecular complexity index is 1110. The summed E-state index contributed by atoms with van der Waals surface area (Å²) in [6.07, 6.45) is -0.164. The molecule has 0 aromatic heterocycles. The molecule has 0 bridgehead atoms. The third-order valence-electron chi connectivity index (χ3n) is 8.27. The first-order valence-corrected chi connectivity index (χ1v) is 15.9. The second-order valence-electron chi connectivity index (χ2n) is 11.7. The molecule has 2 heterocycles. The largest absolute Gasteiger partial charge is 0.394 e. The molecule has 0 saturated carbocycles. The standard InChI is InChI=1S/C34H50O9/c1-3-5-7-9-11-22-18-25(14-16-29-32(39)34(41)33(40)30(21-36)43-29)23(12-10-8-6-4-2)17-24(22)13-15-28-31(38)27(37)19-26(20-35)42-28/h17-18,26-41H,3-12,19-21H2,1-2H3. The third-order valence-corrected chi connectivity index (χ3v) is 8.27. The zero-order valence-electron chi connectivity index (χ0n) is 25.5. The normalized spacial score (nSPS) is 30.7. The summed E-state index contributed by atoms with van der Waals surface area (Å²) in [6.45, 7) is 3.52. The van der Waals surface area contributed by atoms with Gasteiger partial charge in [0.05, 0.1) is 25.4 Å². The lowest BCUT2D eigenvalue weighted by Crippen LogP contribution is -2.58. The highest BCUT2D eigenvalue weighted by atomic mass is 16.5. The molecule has 2 aliphatic rings. The molecule has 0 amide bonds. The second-order valence-corrected chi connectivity index (χ2v) is 11.7. The molecule has 9 heteroatoms. The molecule has 240 valence electrons. The summed E-state index contributed by atoms with van der Waals surface area (Å²) in [6, 6.07) is 4.02. The van der Waals surface area contributed by atoms with Crippen molar-refractivity contribution in [2.75, 3.05) is 13.2 Å². The molecular formula is C34H50O9. The van der Waals surface area contributed by atoms with E-state index in [9.17, 15) is 35.7 Å². The fraction of sp³-hybridized carbons (Fsp3) is 0.706. The first-order chi connectivity index (χ1) is 20.7. The predicted octanol–water partition coefficient (Wildman–Crippen LogP) is 1.35. The molecular weight excluding hydrogens is 552 g/mol. The van der Waals surface area contributed by atoms with Gasteiger partial charge in [-0.05, 0) is 48.9 Å². The Morgan fingerprint density at radius 2 is 1.19 bits per heavy atom. The van der Waals surface area contributed by atoms with Crippen LogP contribution in [-0.4, -0.2) is 104 Å². The van der Waals surface area contributed by atoms with Crippen LogP contribution in [0.3, 0.4) is 0 Å². The minimum absolute atomic E-state index is 0.141. The SMILES string of the molecule is CCCCCCc1cc(C#CC2OC(CO)C(O)C(O)C2O)c(CCCCCC)cc1C#CC1OC(CO)CC(O)C1O. The molecule has 0 radical (unpaired) electrons. The van der Waals surface area contributed by atoms with Gasteiger partial charge in [0.15, 0.2) is 0 Å². The highest BCUT2D eigenvalue weighted by molar-refractivity contribution is 5.53. The van der Waals surface area contributed by atoms with Crippen molar-refractivity contribution >= 4 is 0 Å². The van der Waals surface area contributed by atoms with E-state index in [-0.39, 0.29) is 13.0 Å². The molecule has 2 saturated heterocycles. The maximum Gasteiger partial charge on any atom is 0.147 e. The average Bonchev–Trinajstić information content (AvgIpc) is 3.01. The van der Waals surface area contributed by atoms with Crippen LogP contribution in [0.2, 0.25) is 0 Å². The van der Waals surface area contributed by atoms with Crippen LogP contribution in [0.5, 0.6) is 0 Å². The van der Waals surface area contributed by atoms with E-state index in [1.54, 1.807) is 0 Å². The number of aliphatic hydroxyl groups is 7. The summed E-state index contributed by atoms with van der Waals surface area (Å²) in [7, 11) is 0. The molecule has 3 rings (SSSR count). The molecule has 9 atom stereocenters. The van der Waals surface area contributed by atoms with Gasteiger partial charge in [-0.2, -0.15) is 0 Å². The van der Waals surface area contributed by atoms with Crippen molar-refractivity contribution in [3.05, 3.63) is 34.4 Å². The third kappa shape index (κ3) is 9.99. The van der Waals surface area contributed by atoms with Gasteiger partial charge < -0.3 is 45.2 Å². The number of aliphatic hydroxyl groups excluding tert-OH is 7. The molecule has 1 aromatic rings. The number of hydrogen-bond donors (Lipinski definition) is 7. The molecule has 7 N–H and O–H groups in total. The van der Waals surface area contributed by atoms with Gasteiger partial charge in [0.1, 0.15) is 42.7 Å². The van der Waals surface area contributed by atoms with Crippen LogP contribution in [0.4, 0.5) is 0 Å². The Hall–Kier alpha value is -2.02. The Morgan fingerprint density at radius 1 is 0.651 bits per heavy atom. The fourth-order valence-electron chi connectivity index (χ4n) is 5.53. The lowest BCUT2D eigenvalue weighted by molar-refractivity contribution is -0.214. The van der Waals surface area contributed by atoms with Crippen molar-refractivity contribution in [1.82, 2.24) is 0 Å². The first-order valence-electron chi connectivity index (χ1n) is 15.9. The van der Waals surface area contributed by atoms with Crippen LogP contribution in [0.25, 0.3) is 0 Å². The average molecular weight is 603 g/mol. The van der Waals surface area contributed by atoms with Crippen molar-refractivity contribution in [2.45, 2.75) is 139 Å². The molecule has 9 unspecified atom stereocenters. The van der Waals surface area contributed by atoms with Gasteiger partial charge in [-0.25, -0.2) is 0 Å². The van der Waals surface area contributed by atoms with E-state index in [0.29, 0.717) is 0 Å². The van der Waals surface area contributed by atoms with Crippen molar-refractivity contribution in [3.8, 4) is 23.7 Å². The molecule has 2 aliphatic heterocycles. The van der Waals surface area contributed by atoms with E-state index < -0.39 is 61.5 Å². The second kappa shape index (κ2) is 18.1. The van der Waals surface area contributed by atoms with Crippen molar-refractivity contribution in [3.63, 3.8) is 0 Å². The van der Waals surface area contributed by atoms with E-state index in [0.717, 1.165) is 86.5 Å². The number of hydrogen-bond acceptors (Lipinski definition) is 9. The maximum absolute atomic E-state index is 10.5. The fourth-order valence-corrected chi connectivity index (χ4v) is 5.53. The van der Waals surface area contributed by atoms with Crippen LogP contribution in [0, 0.1) is 23.7 Å². The zero-order valence-corrected chi connectivity index (χ0v) is 25.5. The smallest absolute Gasteiger partial charge is 0.147 e. The zero-order chi connectivity index (χ0) is 31.4. The molecule has 2 fully saturated rings. The highest BCUT2D eigenvalue weighted by Gasteiger charge is 2.42. The summed E-state index contributed by atoms with van der Waals surface area (Å²) in [5, 5.41) is 70.7. The summed E-state index contributed by atoms with van der Waals surface area (Å²) >= 11 is 0. The Kier molecular flexibility index (Phi) is 14.9. The maximum atomic E-state index is 10.5. The van der Waals surface area contributed by atoms with E-state index in [1.165, 1.54) is 0 Å². The van der Waals surface area contributed by atoms with E-state index in [4.69, 9.17) is 9.47 Å². The number of aryl methyl sites for hydroxylation is 2. The van der Waals surface area contributed by atoms with Gasteiger partial charge in [-0.15, -0.1) is 0 Å². The van der Waals surface area contributed by atoms with Gasteiger partial charge >= 0.3 is 0 Å². The summed E-state index contributed by atoms with van der Waals surface area (Å²) in [5.41, 5.74) is 3.49. The minimum Gasteiger partial charge on any atom is -0.394 e. The first kappa shape index (κ1) is 35.5. The lowest BCUT2D eigenvalue weighted by Gasteiger charge is -2.37. The number of unbranched alkanes of at least 4 members (excludes halogenated alkanes) is 6. The summed E-state index contributed by atoms with van der Waals surface area (Å²) < 4.78 is 11.4. The summed E-state index contributed by atoms with van der Waals surface area (Å²) in [4.78, 5) is 0. The Labute approximate surface area is 255 Å². The predicted molar refractivity (Wildman–Crippen MR) is 162 cm³/mol. The molecule has 0 aliphatic carbocycles. The monoisotopic (exact) mass is 602 g/mol. The van der Waals surface area contributed by atoms with Gasteiger partial charge in [-0.1, -0.05) is 76.1 Å². The number of rotatable bonds is 12. The van der Waals surface area contributed by atoms with Gasteiger partial charge in [-0.3, -0.25) is 0 Å². The molecule has 43 heavy (non-hydrogen) atoms. The van der Waals surface area contributed by atoms with Crippen LogP contribution in [-0.2, 0) is 22.3 Å². The lowest BCUT2D eigenvalue weighted by atomic mass is 9.91. The van der Waals surface area contributed by atoms with Gasteiger partial charge in [0.25, 0.3) is 0 Å². The van der Waals surface area contributed by atoms with Crippen molar-refractivity contribution in [2.24, 2.45) is 0 Å². The topological polar surface area (TPSA) is 160 Å². The van der Waals surface area contributed by atoms with Crippen molar-refractivity contribution < 1.29 is 45.2 Å². The van der Waals surface area contributed by atoms with Crippen LogP contribution in [0.15, 0.2) is 12.1 Å². The summed E-state index contributed by atoms with van der Waals surface area (Å²) in [5.74, 6) is 12.3. The quantitative estimate of drug-likeness (QED) is 0.138. The number of benzene rings is 1. The van der Waals surface area contributed by atoms with Crippen LogP contribution in [0.1, 0.15) is 93.9 Å². The van der Waals surface area contributed by atoms with E-state index in [1.807, 2.05) is 12.1 Å². The minimum atomic E-state index is -1.49. The van der Waals surface area contributed by atoms with Gasteiger partial charge in [0.2, 0.25) is 0 Å². The number of ether oxygens (including phenoxy) is 2. The van der Waals surface area contributed by atoms with Crippen LogP contribution >= 0.6 is 0 Å². The highest BCUT2D eigenvalue weighted by Crippen LogP contribution is 2.25. The Morgan fingerprint density at radius 3 is 1.67 bits per heavy atom. The molecule has 0 spiro atoms. The van der Waals surface area contributed by atoms with E-state index in [2.05, 4.69) is 37.5 Å². The van der Waals surface area contributed by atoms with E-state index >= 15 is 0 Å². The van der Waals surface area contributed by atoms with Crippen LogP contribution < -0.4 is 0 Å². The molecule has 1 aromatic carbocycles. The Balaban J connectivity index is 2.00. The van der Waals surface area contributed by atoms with Gasteiger partial charge in [0, 0.05) is 17.5 Å².